The number of aliphatic carboxylic acids is 1. The highest BCUT2D eigenvalue weighted by molar-refractivity contribution is 5.72. The van der Waals surface area contributed by atoms with Crippen molar-refractivity contribution < 1.29 is 24.1 Å². The van der Waals surface area contributed by atoms with Gasteiger partial charge in [0.25, 0.3) is 0 Å². The van der Waals surface area contributed by atoms with Crippen molar-refractivity contribution in [1.29, 1.82) is 0 Å². The van der Waals surface area contributed by atoms with Crippen molar-refractivity contribution in [2.75, 3.05) is 13.7 Å². The Morgan fingerprint density at radius 3 is 2.68 bits per heavy atom. The zero-order chi connectivity index (χ0) is 13.7. The number of ether oxygens (including phenoxy) is 3. The molecule has 2 atom stereocenters. The first-order valence-electron chi connectivity index (χ1n) is 6.28. The quantitative estimate of drug-likeness (QED) is 0.851. The van der Waals surface area contributed by atoms with Gasteiger partial charge in [0.05, 0.1) is 26.4 Å². The molecule has 1 fully saturated rings. The molecule has 2 unspecified atom stereocenters. The molecule has 0 spiro atoms. The average molecular weight is 266 g/mol. The Hall–Kier alpha value is -1.59. The lowest BCUT2D eigenvalue weighted by molar-refractivity contribution is -0.150. The molecule has 0 aromatic heterocycles. The van der Waals surface area contributed by atoms with E-state index in [4.69, 9.17) is 19.3 Å². The lowest BCUT2D eigenvalue weighted by Crippen LogP contribution is -2.22. The van der Waals surface area contributed by atoms with E-state index in [0.717, 1.165) is 17.7 Å². The van der Waals surface area contributed by atoms with Crippen molar-refractivity contribution >= 4 is 5.97 Å². The van der Waals surface area contributed by atoms with Crippen LogP contribution >= 0.6 is 0 Å². The fourth-order valence-electron chi connectivity index (χ4n) is 2.04. The topological polar surface area (TPSA) is 65.0 Å². The zero-order valence-corrected chi connectivity index (χ0v) is 10.9. The van der Waals surface area contributed by atoms with Crippen LogP contribution < -0.4 is 4.74 Å². The standard InChI is InChI=1S/C14H18O5/c1-17-11-4-2-10(3-5-11)8-18-9-12-6-7-13(19-12)14(15)16/h2-5,12-13H,6-9H2,1H3,(H,15,16). The van der Waals surface area contributed by atoms with E-state index in [2.05, 4.69) is 0 Å². The maximum Gasteiger partial charge on any atom is 0.332 e. The van der Waals surface area contributed by atoms with Gasteiger partial charge in [0.2, 0.25) is 0 Å². The number of rotatable bonds is 6. The predicted octanol–water partition coefficient (Wildman–Crippen LogP) is 1.84. The summed E-state index contributed by atoms with van der Waals surface area (Å²) in [6.45, 7) is 0.914. The zero-order valence-electron chi connectivity index (χ0n) is 10.9. The molecule has 5 nitrogen and oxygen atoms in total. The normalized spacial score (nSPS) is 22.4. The van der Waals surface area contributed by atoms with E-state index in [1.165, 1.54) is 0 Å². The number of hydrogen-bond acceptors (Lipinski definition) is 4. The first-order valence-corrected chi connectivity index (χ1v) is 6.28. The van der Waals surface area contributed by atoms with Crippen LogP contribution in [-0.4, -0.2) is 37.0 Å². The summed E-state index contributed by atoms with van der Waals surface area (Å²) >= 11 is 0. The summed E-state index contributed by atoms with van der Waals surface area (Å²) in [5.41, 5.74) is 1.05. The first-order chi connectivity index (χ1) is 9.19. The summed E-state index contributed by atoms with van der Waals surface area (Å²) in [5.74, 6) is -0.0789. The summed E-state index contributed by atoms with van der Waals surface area (Å²) < 4.78 is 16.0. The molecule has 2 rings (SSSR count). The Morgan fingerprint density at radius 2 is 2.11 bits per heavy atom. The minimum Gasteiger partial charge on any atom is -0.497 e. The van der Waals surface area contributed by atoms with Crippen LogP contribution in [-0.2, 0) is 20.9 Å². The predicted molar refractivity (Wildman–Crippen MR) is 68.2 cm³/mol. The van der Waals surface area contributed by atoms with Crippen LogP contribution in [0.3, 0.4) is 0 Å². The average Bonchev–Trinajstić information content (AvgIpc) is 2.89. The van der Waals surface area contributed by atoms with Crippen molar-refractivity contribution in [2.24, 2.45) is 0 Å². The molecule has 1 aliphatic heterocycles. The van der Waals surface area contributed by atoms with Crippen molar-refractivity contribution in [3.05, 3.63) is 29.8 Å². The first kappa shape index (κ1) is 13.8. The Kier molecular flexibility index (Phi) is 4.76. The van der Waals surface area contributed by atoms with Gasteiger partial charge in [-0.05, 0) is 30.5 Å². The van der Waals surface area contributed by atoms with Gasteiger partial charge in [-0.2, -0.15) is 0 Å². The van der Waals surface area contributed by atoms with Crippen molar-refractivity contribution in [3.63, 3.8) is 0 Å². The number of carboxylic acid groups (broad SMARTS) is 1. The highest BCUT2D eigenvalue weighted by Crippen LogP contribution is 2.20. The molecule has 5 heteroatoms. The molecule has 0 saturated carbocycles. The van der Waals surface area contributed by atoms with Crippen molar-refractivity contribution in [1.82, 2.24) is 0 Å². The van der Waals surface area contributed by atoms with Gasteiger partial charge in [-0.25, -0.2) is 4.79 Å². The van der Waals surface area contributed by atoms with Gasteiger partial charge < -0.3 is 19.3 Å². The largest absolute Gasteiger partial charge is 0.497 e. The monoisotopic (exact) mass is 266 g/mol. The highest BCUT2D eigenvalue weighted by Gasteiger charge is 2.30. The molecule has 1 heterocycles. The summed E-state index contributed by atoms with van der Waals surface area (Å²) in [6.07, 6.45) is 0.514. The van der Waals surface area contributed by atoms with Crippen LogP contribution in [0.4, 0.5) is 0 Å². The van der Waals surface area contributed by atoms with Gasteiger partial charge in [-0.15, -0.1) is 0 Å². The summed E-state index contributed by atoms with van der Waals surface area (Å²) in [4.78, 5) is 10.7. The van der Waals surface area contributed by atoms with E-state index in [9.17, 15) is 4.79 Å². The molecule has 1 N–H and O–H groups in total. The molecule has 0 radical (unpaired) electrons. The van der Waals surface area contributed by atoms with Crippen LogP contribution in [0.1, 0.15) is 18.4 Å². The van der Waals surface area contributed by atoms with E-state index in [0.29, 0.717) is 19.6 Å². The summed E-state index contributed by atoms with van der Waals surface area (Å²) in [7, 11) is 1.63. The Bertz CT molecular complexity index is 414. The van der Waals surface area contributed by atoms with Gasteiger partial charge in [0.1, 0.15) is 5.75 Å². The number of hydrogen-bond donors (Lipinski definition) is 1. The van der Waals surface area contributed by atoms with E-state index < -0.39 is 12.1 Å². The molecule has 1 aromatic carbocycles. The second-order valence-corrected chi connectivity index (χ2v) is 4.53. The fourth-order valence-corrected chi connectivity index (χ4v) is 2.04. The Balaban J connectivity index is 1.70. The molecule has 0 bridgehead atoms. The molecule has 104 valence electrons. The van der Waals surface area contributed by atoms with Crippen LogP contribution in [0.2, 0.25) is 0 Å². The van der Waals surface area contributed by atoms with E-state index >= 15 is 0 Å². The molecular weight excluding hydrogens is 248 g/mol. The highest BCUT2D eigenvalue weighted by atomic mass is 16.6. The number of carbonyl (C=O) groups is 1. The number of benzene rings is 1. The summed E-state index contributed by atoms with van der Waals surface area (Å²) in [6, 6.07) is 7.64. The molecule has 0 amide bonds. The van der Waals surface area contributed by atoms with E-state index in [1.807, 2.05) is 24.3 Å². The SMILES string of the molecule is COc1ccc(COCC2CCC(C(=O)O)O2)cc1. The smallest absolute Gasteiger partial charge is 0.332 e. The lowest BCUT2D eigenvalue weighted by Gasteiger charge is -2.12. The van der Waals surface area contributed by atoms with Crippen molar-refractivity contribution in [3.8, 4) is 5.75 Å². The third-order valence-electron chi connectivity index (χ3n) is 3.11. The van der Waals surface area contributed by atoms with Crippen molar-refractivity contribution in [2.45, 2.75) is 31.7 Å². The third-order valence-corrected chi connectivity index (χ3v) is 3.11. The fraction of sp³-hybridized carbons (Fsp3) is 0.500. The van der Waals surface area contributed by atoms with Gasteiger partial charge in [0, 0.05) is 0 Å². The molecule has 1 aromatic rings. The third kappa shape index (κ3) is 3.94. The molecule has 1 saturated heterocycles. The minimum atomic E-state index is -0.891. The van der Waals surface area contributed by atoms with Crippen LogP contribution in [0.25, 0.3) is 0 Å². The lowest BCUT2D eigenvalue weighted by atomic mass is 10.2. The Labute approximate surface area is 112 Å². The molecule has 19 heavy (non-hydrogen) atoms. The minimum absolute atomic E-state index is 0.112. The van der Waals surface area contributed by atoms with E-state index in [1.54, 1.807) is 7.11 Å². The van der Waals surface area contributed by atoms with Gasteiger partial charge in [-0.1, -0.05) is 12.1 Å². The second-order valence-electron chi connectivity index (χ2n) is 4.53. The second kappa shape index (κ2) is 6.54. The number of methoxy groups -OCH3 is 1. The molecule has 0 aliphatic carbocycles. The summed E-state index contributed by atoms with van der Waals surface area (Å²) in [5, 5.41) is 8.81. The van der Waals surface area contributed by atoms with Gasteiger partial charge >= 0.3 is 5.97 Å². The maximum atomic E-state index is 10.7. The maximum absolute atomic E-state index is 10.7. The van der Waals surface area contributed by atoms with Crippen LogP contribution in [0, 0.1) is 0 Å². The molecular formula is C14H18O5. The molecule has 1 aliphatic rings. The number of carboxylic acids is 1. The van der Waals surface area contributed by atoms with Crippen LogP contribution in [0.15, 0.2) is 24.3 Å². The van der Waals surface area contributed by atoms with E-state index in [-0.39, 0.29) is 6.10 Å². The van der Waals surface area contributed by atoms with Crippen LogP contribution in [0.5, 0.6) is 5.75 Å². The van der Waals surface area contributed by atoms with Gasteiger partial charge in [0.15, 0.2) is 6.10 Å². The Morgan fingerprint density at radius 1 is 1.37 bits per heavy atom. The van der Waals surface area contributed by atoms with Gasteiger partial charge in [-0.3, -0.25) is 0 Å².